The second kappa shape index (κ2) is 8.46. The summed E-state index contributed by atoms with van der Waals surface area (Å²) < 4.78 is 22.5. The Morgan fingerprint density at radius 3 is 2.37 bits per heavy atom. The van der Waals surface area contributed by atoms with Gasteiger partial charge in [0.1, 0.15) is 0 Å². The number of carbonyl (C=O) groups excluding carboxylic acids is 1. The van der Waals surface area contributed by atoms with E-state index in [1.807, 2.05) is 41.3 Å². The highest BCUT2D eigenvalue weighted by atomic mass is 16.7. The molecule has 0 spiro atoms. The summed E-state index contributed by atoms with van der Waals surface area (Å²) in [5.74, 6) is 2.92. The fraction of sp³-hybridized carbons (Fsp3) is 0.458. The van der Waals surface area contributed by atoms with Crippen molar-refractivity contribution in [2.24, 2.45) is 0 Å². The Hall–Kier alpha value is -2.89. The van der Waals surface area contributed by atoms with Crippen LogP contribution >= 0.6 is 0 Å². The van der Waals surface area contributed by atoms with Gasteiger partial charge in [-0.15, -0.1) is 0 Å². The van der Waals surface area contributed by atoms with Crippen LogP contribution in [0.2, 0.25) is 0 Å². The molecule has 3 aliphatic rings. The molecule has 1 saturated carbocycles. The molecule has 5 rings (SSSR count). The zero-order chi connectivity index (χ0) is 20.3. The Labute approximate surface area is 176 Å². The highest BCUT2D eigenvalue weighted by Gasteiger charge is 2.28. The van der Waals surface area contributed by atoms with Gasteiger partial charge >= 0.3 is 0 Å². The number of ether oxygens (including phenoxy) is 4. The van der Waals surface area contributed by atoms with E-state index in [0.717, 1.165) is 49.2 Å². The second-order valence-corrected chi connectivity index (χ2v) is 8.12. The maximum Gasteiger partial charge on any atom is 0.254 e. The van der Waals surface area contributed by atoms with Crippen molar-refractivity contribution in [1.29, 1.82) is 0 Å². The molecular formula is C24H27NO5. The highest BCUT2D eigenvalue weighted by Crippen LogP contribution is 2.35. The van der Waals surface area contributed by atoms with E-state index in [4.69, 9.17) is 18.9 Å². The lowest BCUT2D eigenvalue weighted by molar-refractivity contribution is 0.0613. The standard InChI is InChI=1S/C24H27NO5/c26-24(18-8-10-20-23(14-18)28-12-4-11-27-20)25(19-5-2-1-3-6-19)15-17-7-9-21-22(13-17)30-16-29-21/h7-10,13-14,19H,1-6,11-12,15-16H2. The molecule has 6 heteroatoms. The van der Waals surface area contributed by atoms with Gasteiger partial charge in [0.25, 0.3) is 5.91 Å². The average molecular weight is 409 g/mol. The van der Waals surface area contributed by atoms with Crippen molar-refractivity contribution < 1.29 is 23.7 Å². The van der Waals surface area contributed by atoms with E-state index in [-0.39, 0.29) is 18.7 Å². The van der Waals surface area contributed by atoms with E-state index < -0.39 is 0 Å². The third-order valence-corrected chi connectivity index (χ3v) is 6.06. The first-order chi connectivity index (χ1) is 14.8. The molecule has 2 heterocycles. The molecule has 30 heavy (non-hydrogen) atoms. The third kappa shape index (κ3) is 3.91. The summed E-state index contributed by atoms with van der Waals surface area (Å²) in [5.41, 5.74) is 1.69. The van der Waals surface area contributed by atoms with Crippen LogP contribution in [0.25, 0.3) is 0 Å². The van der Waals surface area contributed by atoms with E-state index in [9.17, 15) is 4.79 Å². The van der Waals surface area contributed by atoms with Crippen LogP contribution in [0.15, 0.2) is 36.4 Å². The summed E-state index contributed by atoms with van der Waals surface area (Å²) in [6.45, 7) is 2.04. The van der Waals surface area contributed by atoms with Crippen LogP contribution in [0.4, 0.5) is 0 Å². The molecule has 0 N–H and O–H groups in total. The van der Waals surface area contributed by atoms with Gasteiger partial charge in [0.15, 0.2) is 23.0 Å². The number of hydrogen-bond donors (Lipinski definition) is 0. The number of hydrogen-bond acceptors (Lipinski definition) is 5. The molecule has 0 atom stereocenters. The van der Waals surface area contributed by atoms with Gasteiger partial charge in [-0.1, -0.05) is 25.3 Å². The number of amides is 1. The molecule has 2 aromatic carbocycles. The topological polar surface area (TPSA) is 57.2 Å². The van der Waals surface area contributed by atoms with Crippen LogP contribution in [0.3, 0.4) is 0 Å². The quantitative estimate of drug-likeness (QED) is 0.741. The minimum atomic E-state index is 0.0372. The first kappa shape index (κ1) is 19.1. The molecule has 1 amide bonds. The van der Waals surface area contributed by atoms with E-state index in [0.29, 0.717) is 36.8 Å². The summed E-state index contributed by atoms with van der Waals surface area (Å²) >= 11 is 0. The molecule has 1 fully saturated rings. The fourth-order valence-corrected chi connectivity index (χ4v) is 4.46. The fourth-order valence-electron chi connectivity index (χ4n) is 4.46. The molecule has 2 aromatic rings. The predicted molar refractivity (Wildman–Crippen MR) is 111 cm³/mol. The van der Waals surface area contributed by atoms with Crippen LogP contribution in [-0.2, 0) is 6.54 Å². The van der Waals surface area contributed by atoms with Crippen LogP contribution in [0.1, 0.15) is 54.4 Å². The molecule has 6 nitrogen and oxygen atoms in total. The summed E-state index contributed by atoms with van der Waals surface area (Å²) in [6, 6.07) is 11.7. The first-order valence-corrected chi connectivity index (χ1v) is 10.9. The largest absolute Gasteiger partial charge is 0.490 e. The van der Waals surface area contributed by atoms with E-state index in [1.165, 1.54) is 6.42 Å². The monoisotopic (exact) mass is 409 g/mol. The van der Waals surface area contributed by atoms with E-state index >= 15 is 0 Å². The summed E-state index contributed by atoms with van der Waals surface area (Å²) in [6.07, 6.45) is 6.50. The van der Waals surface area contributed by atoms with Gasteiger partial charge in [0.2, 0.25) is 6.79 Å². The number of benzene rings is 2. The molecule has 0 saturated heterocycles. The lowest BCUT2D eigenvalue weighted by Crippen LogP contribution is -2.41. The maximum absolute atomic E-state index is 13.6. The van der Waals surface area contributed by atoms with Gasteiger partial charge in [0.05, 0.1) is 13.2 Å². The van der Waals surface area contributed by atoms with Crippen LogP contribution in [0.5, 0.6) is 23.0 Å². The van der Waals surface area contributed by atoms with E-state index in [1.54, 1.807) is 0 Å². The lowest BCUT2D eigenvalue weighted by atomic mass is 9.93. The van der Waals surface area contributed by atoms with Gasteiger partial charge in [0, 0.05) is 24.6 Å². The van der Waals surface area contributed by atoms with Crippen molar-refractivity contribution >= 4 is 5.91 Å². The lowest BCUT2D eigenvalue weighted by Gasteiger charge is -2.34. The molecule has 0 radical (unpaired) electrons. The summed E-state index contributed by atoms with van der Waals surface area (Å²) in [7, 11) is 0. The Morgan fingerprint density at radius 1 is 0.800 bits per heavy atom. The minimum absolute atomic E-state index is 0.0372. The van der Waals surface area contributed by atoms with Gasteiger partial charge in [-0.3, -0.25) is 4.79 Å². The van der Waals surface area contributed by atoms with Crippen LogP contribution < -0.4 is 18.9 Å². The third-order valence-electron chi connectivity index (χ3n) is 6.06. The maximum atomic E-state index is 13.6. The number of carbonyl (C=O) groups is 1. The highest BCUT2D eigenvalue weighted by molar-refractivity contribution is 5.95. The van der Waals surface area contributed by atoms with Gasteiger partial charge in [-0.25, -0.2) is 0 Å². The molecule has 2 aliphatic heterocycles. The van der Waals surface area contributed by atoms with Gasteiger partial charge < -0.3 is 23.8 Å². The molecular weight excluding hydrogens is 382 g/mol. The predicted octanol–water partition coefficient (Wildman–Crippen LogP) is 4.55. The van der Waals surface area contributed by atoms with Crippen molar-refractivity contribution in [2.75, 3.05) is 20.0 Å². The van der Waals surface area contributed by atoms with Crippen molar-refractivity contribution in [1.82, 2.24) is 4.90 Å². The Kier molecular flexibility index (Phi) is 5.39. The van der Waals surface area contributed by atoms with Crippen molar-refractivity contribution in [3.05, 3.63) is 47.5 Å². The molecule has 0 unspecified atom stereocenters. The molecule has 1 aliphatic carbocycles. The van der Waals surface area contributed by atoms with Gasteiger partial charge in [-0.05, 0) is 48.7 Å². The van der Waals surface area contributed by atoms with Crippen molar-refractivity contribution in [3.8, 4) is 23.0 Å². The van der Waals surface area contributed by atoms with Crippen LogP contribution in [0, 0.1) is 0 Å². The molecule has 0 aromatic heterocycles. The van der Waals surface area contributed by atoms with Crippen molar-refractivity contribution in [3.63, 3.8) is 0 Å². The minimum Gasteiger partial charge on any atom is -0.490 e. The average Bonchev–Trinajstić information content (AvgIpc) is 3.13. The number of fused-ring (bicyclic) bond motifs is 2. The first-order valence-electron chi connectivity index (χ1n) is 10.9. The Balaban J connectivity index is 1.42. The summed E-state index contributed by atoms with van der Waals surface area (Å²) in [5, 5.41) is 0. The van der Waals surface area contributed by atoms with Gasteiger partial charge in [-0.2, -0.15) is 0 Å². The van der Waals surface area contributed by atoms with E-state index in [2.05, 4.69) is 0 Å². The SMILES string of the molecule is O=C(c1ccc2c(c1)OCCCO2)N(Cc1ccc2c(c1)OCO2)C1CCCCC1. The number of rotatable bonds is 4. The molecule has 158 valence electrons. The zero-order valence-corrected chi connectivity index (χ0v) is 17.1. The Bertz CT molecular complexity index is 922. The number of nitrogens with zero attached hydrogens (tertiary/aromatic N) is 1. The second-order valence-electron chi connectivity index (χ2n) is 8.12. The Morgan fingerprint density at radius 2 is 1.50 bits per heavy atom. The molecule has 0 bridgehead atoms. The smallest absolute Gasteiger partial charge is 0.254 e. The normalized spacial score (nSPS) is 18.0. The van der Waals surface area contributed by atoms with Crippen LogP contribution in [-0.4, -0.2) is 36.9 Å². The zero-order valence-electron chi connectivity index (χ0n) is 17.1. The summed E-state index contributed by atoms with van der Waals surface area (Å²) in [4.78, 5) is 15.7. The van der Waals surface area contributed by atoms with Crippen molar-refractivity contribution in [2.45, 2.75) is 51.1 Å².